The molecule has 0 saturated heterocycles. The van der Waals surface area contributed by atoms with Crippen molar-refractivity contribution >= 4 is 11.6 Å². The van der Waals surface area contributed by atoms with Gasteiger partial charge in [-0.3, -0.25) is 0 Å². The summed E-state index contributed by atoms with van der Waals surface area (Å²) in [5.74, 6) is 6.44. The van der Waals surface area contributed by atoms with Gasteiger partial charge in [0.1, 0.15) is 19.0 Å². The molecule has 1 aromatic carbocycles. The van der Waals surface area contributed by atoms with Gasteiger partial charge in [-0.05, 0) is 12.1 Å². The summed E-state index contributed by atoms with van der Waals surface area (Å²) >= 11 is 5.43. The molecular formula is C11H10ClFO. The third-order valence-corrected chi connectivity index (χ3v) is 1.65. The zero-order valence-electron chi connectivity index (χ0n) is 7.59. The Bertz CT molecular complexity index is 341. The lowest BCUT2D eigenvalue weighted by atomic mass is 10.2. The van der Waals surface area contributed by atoms with E-state index < -0.39 is 6.67 Å². The second-order valence-electron chi connectivity index (χ2n) is 2.47. The van der Waals surface area contributed by atoms with E-state index in [1.54, 1.807) is 6.07 Å². The summed E-state index contributed by atoms with van der Waals surface area (Å²) in [5.41, 5.74) is 0.738. The van der Waals surface area contributed by atoms with Crippen LogP contribution in [0.2, 0.25) is 0 Å². The van der Waals surface area contributed by atoms with Crippen LogP contribution in [0.3, 0.4) is 0 Å². The third kappa shape index (κ3) is 3.27. The van der Waals surface area contributed by atoms with Gasteiger partial charge in [0.25, 0.3) is 0 Å². The van der Waals surface area contributed by atoms with E-state index in [1.165, 1.54) is 0 Å². The summed E-state index contributed by atoms with van der Waals surface area (Å²) in [7, 11) is 0. The van der Waals surface area contributed by atoms with Gasteiger partial charge < -0.3 is 4.74 Å². The van der Waals surface area contributed by atoms with Gasteiger partial charge in [0, 0.05) is 0 Å². The number of hydrogen-bond donors (Lipinski definition) is 0. The Morgan fingerprint density at radius 3 is 2.86 bits per heavy atom. The van der Waals surface area contributed by atoms with Crippen molar-refractivity contribution in [3.63, 3.8) is 0 Å². The van der Waals surface area contributed by atoms with E-state index in [4.69, 9.17) is 16.3 Å². The van der Waals surface area contributed by atoms with Crippen LogP contribution in [0.15, 0.2) is 24.3 Å². The number of halogens is 2. The molecular weight excluding hydrogens is 203 g/mol. The standard InChI is InChI=1S/C11H10ClFO/c12-7-3-5-10-4-1-2-6-11(10)14-9-8-13/h1-2,4,6H,7-9H2. The van der Waals surface area contributed by atoms with Gasteiger partial charge in [0.2, 0.25) is 0 Å². The zero-order chi connectivity index (χ0) is 10.2. The molecule has 0 radical (unpaired) electrons. The van der Waals surface area contributed by atoms with E-state index in [0.717, 1.165) is 5.56 Å². The quantitative estimate of drug-likeness (QED) is 0.553. The molecule has 0 heterocycles. The molecule has 1 aromatic rings. The molecule has 0 bridgehead atoms. The fraction of sp³-hybridized carbons (Fsp3) is 0.273. The van der Waals surface area contributed by atoms with Crippen LogP contribution in [0.4, 0.5) is 4.39 Å². The fourth-order valence-electron chi connectivity index (χ4n) is 0.973. The molecule has 0 aliphatic heterocycles. The molecule has 1 rings (SSSR count). The largest absolute Gasteiger partial charge is 0.490 e. The van der Waals surface area contributed by atoms with Crippen molar-refractivity contribution in [1.29, 1.82) is 0 Å². The number of alkyl halides is 2. The topological polar surface area (TPSA) is 9.23 Å². The summed E-state index contributed by atoms with van der Waals surface area (Å²) in [5, 5.41) is 0. The lowest BCUT2D eigenvalue weighted by Gasteiger charge is -2.04. The Morgan fingerprint density at radius 2 is 2.14 bits per heavy atom. The Morgan fingerprint density at radius 1 is 1.36 bits per heavy atom. The summed E-state index contributed by atoms with van der Waals surface area (Å²) in [6.07, 6.45) is 0. The SMILES string of the molecule is FCCOc1ccccc1C#CCCl. The summed E-state index contributed by atoms with van der Waals surface area (Å²) in [6, 6.07) is 7.24. The van der Waals surface area contributed by atoms with Gasteiger partial charge in [0.05, 0.1) is 11.4 Å². The van der Waals surface area contributed by atoms with Crippen LogP contribution in [0.5, 0.6) is 5.75 Å². The molecule has 0 saturated carbocycles. The van der Waals surface area contributed by atoms with Crippen LogP contribution in [-0.4, -0.2) is 19.2 Å². The van der Waals surface area contributed by atoms with Crippen LogP contribution in [-0.2, 0) is 0 Å². The van der Waals surface area contributed by atoms with E-state index in [0.29, 0.717) is 5.75 Å². The van der Waals surface area contributed by atoms with Crippen molar-refractivity contribution in [3.05, 3.63) is 29.8 Å². The van der Waals surface area contributed by atoms with E-state index in [9.17, 15) is 4.39 Å². The summed E-state index contributed by atoms with van der Waals surface area (Å²) in [4.78, 5) is 0. The monoisotopic (exact) mass is 212 g/mol. The van der Waals surface area contributed by atoms with Gasteiger partial charge in [-0.1, -0.05) is 24.0 Å². The van der Waals surface area contributed by atoms with Gasteiger partial charge >= 0.3 is 0 Å². The Kier molecular flexibility index (Phi) is 4.88. The van der Waals surface area contributed by atoms with E-state index in [2.05, 4.69) is 11.8 Å². The van der Waals surface area contributed by atoms with E-state index >= 15 is 0 Å². The minimum atomic E-state index is -0.503. The normalized spacial score (nSPS) is 9.00. The van der Waals surface area contributed by atoms with Crippen LogP contribution >= 0.6 is 11.6 Å². The smallest absolute Gasteiger partial charge is 0.135 e. The Labute approximate surface area is 87.8 Å². The maximum absolute atomic E-state index is 11.9. The number of benzene rings is 1. The van der Waals surface area contributed by atoms with Crippen LogP contribution in [0.25, 0.3) is 0 Å². The highest BCUT2D eigenvalue weighted by molar-refractivity contribution is 6.19. The molecule has 0 fully saturated rings. The van der Waals surface area contributed by atoms with Gasteiger partial charge in [-0.15, -0.1) is 11.6 Å². The highest BCUT2D eigenvalue weighted by Crippen LogP contribution is 2.16. The first-order chi connectivity index (χ1) is 6.88. The van der Waals surface area contributed by atoms with Crippen molar-refractivity contribution in [2.24, 2.45) is 0 Å². The van der Waals surface area contributed by atoms with E-state index in [-0.39, 0.29) is 12.5 Å². The first-order valence-electron chi connectivity index (χ1n) is 4.21. The van der Waals surface area contributed by atoms with Gasteiger partial charge in [-0.25, -0.2) is 4.39 Å². The van der Waals surface area contributed by atoms with Gasteiger partial charge in [0.15, 0.2) is 0 Å². The fourth-order valence-corrected chi connectivity index (χ4v) is 1.04. The Hall–Kier alpha value is -1.20. The van der Waals surface area contributed by atoms with Crippen molar-refractivity contribution < 1.29 is 9.13 Å². The first kappa shape index (κ1) is 10.9. The molecule has 0 atom stereocenters. The average molecular weight is 213 g/mol. The first-order valence-corrected chi connectivity index (χ1v) is 4.74. The highest BCUT2D eigenvalue weighted by Gasteiger charge is 1.98. The molecule has 74 valence electrons. The maximum atomic E-state index is 11.9. The lowest BCUT2D eigenvalue weighted by Crippen LogP contribution is -2.00. The molecule has 0 amide bonds. The second-order valence-corrected chi connectivity index (χ2v) is 2.74. The molecule has 1 nitrogen and oxygen atoms in total. The number of rotatable bonds is 3. The molecule has 14 heavy (non-hydrogen) atoms. The Balaban J connectivity index is 2.80. The summed E-state index contributed by atoms with van der Waals surface area (Å²) < 4.78 is 17.0. The molecule has 0 spiro atoms. The number of para-hydroxylation sites is 1. The molecule has 3 heteroatoms. The zero-order valence-corrected chi connectivity index (χ0v) is 8.35. The molecule has 0 aromatic heterocycles. The molecule has 0 aliphatic carbocycles. The van der Waals surface area contributed by atoms with Crippen molar-refractivity contribution in [2.45, 2.75) is 0 Å². The number of hydrogen-bond acceptors (Lipinski definition) is 1. The minimum Gasteiger partial charge on any atom is -0.490 e. The number of ether oxygens (including phenoxy) is 1. The van der Waals surface area contributed by atoms with Crippen molar-refractivity contribution in [2.75, 3.05) is 19.2 Å². The third-order valence-electron chi connectivity index (χ3n) is 1.51. The molecule has 0 aliphatic rings. The van der Waals surface area contributed by atoms with Gasteiger partial charge in [-0.2, -0.15) is 0 Å². The van der Waals surface area contributed by atoms with Crippen molar-refractivity contribution in [3.8, 4) is 17.6 Å². The highest BCUT2D eigenvalue weighted by atomic mass is 35.5. The predicted octanol–water partition coefficient (Wildman–Crippen LogP) is 2.63. The lowest BCUT2D eigenvalue weighted by molar-refractivity contribution is 0.272. The molecule has 0 N–H and O–H groups in total. The predicted molar refractivity (Wildman–Crippen MR) is 55.5 cm³/mol. The van der Waals surface area contributed by atoms with Crippen LogP contribution < -0.4 is 4.74 Å². The van der Waals surface area contributed by atoms with Crippen LogP contribution in [0, 0.1) is 11.8 Å². The van der Waals surface area contributed by atoms with Crippen LogP contribution in [0.1, 0.15) is 5.56 Å². The van der Waals surface area contributed by atoms with Crippen molar-refractivity contribution in [1.82, 2.24) is 0 Å². The molecule has 0 unspecified atom stereocenters. The average Bonchev–Trinajstić information content (AvgIpc) is 2.24. The second kappa shape index (κ2) is 6.28. The maximum Gasteiger partial charge on any atom is 0.135 e. The summed E-state index contributed by atoms with van der Waals surface area (Å²) in [6.45, 7) is -0.448. The van der Waals surface area contributed by atoms with E-state index in [1.807, 2.05) is 18.2 Å². The minimum absolute atomic E-state index is 0.0551.